The number of rotatable bonds is 6. The van der Waals surface area contributed by atoms with Crippen molar-refractivity contribution in [2.24, 2.45) is 0 Å². The van der Waals surface area contributed by atoms with E-state index in [-0.39, 0.29) is 0 Å². The molecule has 84 valence electrons. The fourth-order valence-corrected chi connectivity index (χ4v) is 1.90. The van der Waals surface area contributed by atoms with E-state index in [2.05, 4.69) is 27.8 Å². The molecule has 0 unspecified atom stereocenters. The highest BCUT2D eigenvalue weighted by Gasteiger charge is 2.01. The number of hydrogen-bond acceptors (Lipinski definition) is 2. The van der Waals surface area contributed by atoms with E-state index in [0.717, 1.165) is 23.1 Å². The number of nitrogens with zero attached hydrogens (tertiary/aromatic N) is 1. The summed E-state index contributed by atoms with van der Waals surface area (Å²) in [4.78, 5) is 4.23. The number of pyridine rings is 1. The highest BCUT2D eigenvalue weighted by atomic mass is 79.9. The summed E-state index contributed by atoms with van der Waals surface area (Å²) in [7, 11) is 0. The van der Waals surface area contributed by atoms with Crippen LogP contribution in [-0.2, 0) is 0 Å². The van der Waals surface area contributed by atoms with Crippen LogP contribution in [-0.4, -0.2) is 11.6 Å². The van der Waals surface area contributed by atoms with Crippen molar-refractivity contribution in [2.75, 3.05) is 6.61 Å². The summed E-state index contributed by atoms with van der Waals surface area (Å²) in [5, 5.41) is 0. The molecule has 0 amide bonds. The molecule has 3 heteroatoms. The summed E-state index contributed by atoms with van der Waals surface area (Å²) < 4.78 is 6.52. The Hall–Kier alpha value is -0.570. The molecule has 1 aromatic rings. The monoisotopic (exact) mass is 271 g/mol. The van der Waals surface area contributed by atoms with Crippen LogP contribution in [0.3, 0.4) is 0 Å². The number of ether oxygens (including phenoxy) is 1. The molecule has 1 heterocycles. The first-order valence-electron chi connectivity index (χ1n) is 5.49. The third-order valence-electron chi connectivity index (χ3n) is 2.18. The third kappa shape index (κ3) is 4.65. The number of unbranched alkanes of at least 4 members (excludes halogenated alkanes) is 3. The van der Waals surface area contributed by atoms with Gasteiger partial charge in [0, 0.05) is 6.20 Å². The standard InChI is InChI=1S/C12H18BrNO/c1-3-4-5-6-7-15-12-11(13)8-10(2)9-14-12/h8-9H,3-7H2,1-2H3. The normalized spacial score (nSPS) is 10.3. The lowest BCUT2D eigenvalue weighted by Crippen LogP contribution is -1.99. The Kier molecular flexibility index (Phi) is 5.69. The highest BCUT2D eigenvalue weighted by molar-refractivity contribution is 9.10. The second-order valence-electron chi connectivity index (χ2n) is 3.71. The highest BCUT2D eigenvalue weighted by Crippen LogP contribution is 2.22. The molecule has 2 nitrogen and oxygen atoms in total. The molecular weight excluding hydrogens is 254 g/mol. The molecular formula is C12H18BrNO. The Bertz CT molecular complexity index is 302. The van der Waals surface area contributed by atoms with Crippen molar-refractivity contribution < 1.29 is 4.74 Å². The molecule has 15 heavy (non-hydrogen) atoms. The lowest BCUT2D eigenvalue weighted by Gasteiger charge is -2.06. The fourth-order valence-electron chi connectivity index (χ4n) is 1.32. The summed E-state index contributed by atoms with van der Waals surface area (Å²) in [6.45, 7) is 4.98. The van der Waals surface area contributed by atoms with Gasteiger partial charge in [0.05, 0.1) is 11.1 Å². The summed E-state index contributed by atoms with van der Waals surface area (Å²) in [6, 6.07) is 2.02. The second kappa shape index (κ2) is 6.83. The van der Waals surface area contributed by atoms with Crippen molar-refractivity contribution in [1.29, 1.82) is 0 Å². The zero-order valence-electron chi connectivity index (χ0n) is 9.42. The van der Waals surface area contributed by atoms with Crippen LogP contribution < -0.4 is 4.74 Å². The Morgan fingerprint density at radius 2 is 2.13 bits per heavy atom. The maximum atomic E-state index is 5.58. The molecule has 0 aliphatic heterocycles. The maximum absolute atomic E-state index is 5.58. The first kappa shape index (κ1) is 12.5. The van der Waals surface area contributed by atoms with Crippen molar-refractivity contribution in [1.82, 2.24) is 4.98 Å². The lowest BCUT2D eigenvalue weighted by atomic mass is 10.2. The topological polar surface area (TPSA) is 22.1 Å². The summed E-state index contributed by atoms with van der Waals surface area (Å²) in [6.07, 6.45) is 6.71. The minimum atomic E-state index is 0.706. The summed E-state index contributed by atoms with van der Waals surface area (Å²) >= 11 is 3.44. The summed E-state index contributed by atoms with van der Waals surface area (Å²) in [5.41, 5.74) is 1.14. The van der Waals surface area contributed by atoms with E-state index in [1.807, 2.05) is 19.2 Å². The second-order valence-corrected chi connectivity index (χ2v) is 4.56. The molecule has 0 atom stereocenters. The van der Waals surface area contributed by atoms with Crippen LogP contribution in [0.2, 0.25) is 0 Å². The summed E-state index contributed by atoms with van der Waals surface area (Å²) in [5.74, 6) is 0.706. The van der Waals surface area contributed by atoms with E-state index in [0.29, 0.717) is 5.88 Å². The minimum Gasteiger partial charge on any atom is -0.477 e. The molecule has 1 aromatic heterocycles. The molecule has 0 aromatic carbocycles. The van der Waals surface area contributed by atoms with Crippen LogP contribution in [0.4, 0.5) is 0 Å². The van der Waals surface area contributed by atoms with Gasteiger partial charge in [0.2, 0.25) is 5.88 Å². The first-order valence-corrected chi connectivity index (χ1v) is 6.28. The molecule has 0 aliphatic rings. The Morgan fingerprint density at radius 3 is 2.80 bits per heavy atom. The number of hydrogen-bond donors (Lipinski definition) is 0. The Morgan fingerprint density at radius 1 is 1.33 bits per heavy atom. The van der Waals surface area contributed by atoms with Gasteiger partial charge in [-0.15, -0.1) is 0 Å². The van der Waals surface area contributed by atoms with Crippen molar-refractivity contribution >= 4 is 15.9 Å². The molecule has 0 N–H and O–H groups in total. The molecule has 0 bridgehead atoms. The van der Waals surface area contributed by atoms with Gasteiger partial charge >= 0.3 is 0 Å². The van der Waals surface area contributed by atoms with Crippen LogP contribution in [0, 0.1) is 6.92 Å². The molecule has 0 radical (unpaired) electrons. The van der Waals surface area contributed by atoms with Crippen LogP contribution >= 0.6 is 15.9 Å². The van der Waals surface area contributed by atoms with E-state index < -0.39 is 0 Å². The minimum absolute atomic E-state index is 0.706. The van der Waals surface area contributed by atoms with Gasteiger partial charge in [-0.05, 0) is 40.9 Å². The molecule has 1 rings (SSSR count). The van der Waals surface area contributed by atoms with Gasteiger partial charge in [-0.3, -0.25) is 0 Å². The van der Waals surface area contributed by atoms with E-state index in [4.69, 9.17) is 4.74 Å². The van der Waals surface area contributed by atoms with Gasteiger partial charge in [-0.2, -0.15) is 0 Å². The fraction of sp³-hybridized carbons (Fsp3) is 0.583. The predicted molar refractivity (Wildman–Crippen MR) is 66.3 cm³/mol. The smallest absolute Gasteiger partial charge is 0.227 e. The van der Waals surface area contributed by atoms with Crippen molar-refractivity contribution in [3.05, 3.63) is 22.3 Å². The lowest BCUT2D eigenvalue weighted by molar-refractivity contribution is 0.292. The van der Waals surface area contributed by atoms with Gasteiger partial charge in [0.1, 0.15) is 0 Å². The van der Waals surface area contributed by atoms with E-state index in [1.165, 1.54) is 19.3 Å². The van der Waals surface area contributed by atoms with Crippen molar-refractivity contribution in [2.45, 2.75) is 39.5 Å². The van der Waals surface area contributed by atoms with Crippen LogP contribution in [0.15, 0.2) is 16.7 Å². The van der Waals surface area contributed by atoms with Gasteiger partial charge in [0.25, 0.3) is 0 Å². The number of aryl methyl sites for hydroxylation is 1. The van der Waals surface area contributed by atoms with Crippen molar-refractivity contribution in [3.63, 3.8) is 0 Å². The Labute approximate surface area is 100 Å². The van der Waals surface area contributed by atoms with Crippen LogP contribution in [0.5, 0.6) is 5.88 Å². The largest absolute Gasteiger partial charge is 0.477 e. The predicted octanol–water partition coefficient (Wildman–Crippen LogP) is 4.11. The van der Waals surface area contributed by atoms with E-state index >= 15 is 0 Å². The molecule has 0 spiro atoms. The van der Waals surface area contributed by atoms with Gasteiger partial charge in [0.15, 0.2) is 0 Å². The Balaban J connectivity index is 2.31. The van der Waals surface area contributed by atoms with Gasteiger partial charge in [-0.25, -0.2) is 4.98 Å². The van der Waals surface area contributed by atoms with E-state index in [1.54, 1.807) is 0 Å². The zero-order valence-corrected chi connectivity index (χ0v) is 11.0. The molecule has 0 saturated heterocycles. The zero-order chi connectivity index (χ0) is 11.1. The SMILES string of the molecule is CCCCCCOc1ncc(C)cc1Br. The quantitative estimate of drug-likeness (QED) is 0.727. The van der Waals surface area contributed by atoms with Crippen LogP contribution in [0.25, 0.3) is 0 Å². The average molecular weight is 272 g/mol. The molecule has 0 aliphatic carbocycles. The van der Waals surface area contributed by atoms with E-state index in [9.17, 15) is 0 Å². The molecule has 0 fully saturated rings. The van der Waals surface area contributed by atoms with Gasteiger partial charge in [-0.1, -0.05) is 26.2 Å². The maximum Gasteiger partial charge on any atom is 0.227 e. The first-order chi connectivity index (χ1) is 7.24. The average Bonchev–Trinajstić information content (AvgIpc) is 2.20. The van der Waals surface area contributed by atoms with Gasteiger partial charge < -0.3 is 4.74 Å². The van der Waals surface area contributed by atoms with Crippen LogP contribution in [0.1, 0.15) is 38.2 Å². The third-order valence-corrected chi connectivity index (χ3v) is 2.75. The number of halogens is 1. The van der Waals surface area contributed by atoms with Crippen molar-refractivity contribution in [3.8, 4) is 5.88 Å². The molecule has 0 saturated carbocycles. The number of aromatic nitrogens is 1.